The van der Waals surface area contributed by atoms with Gasteiger partial charge in [0.25, 0.3) is 0 Å². The number of benzene rings is 1. The Hall–Kier alpha value is -4.37. The summed E-state index contributed by atoms with van der Waals surface area (Å²) in [6.07, 6.45) is 3.36. The van der Waals surface area contributed by atoms with Gasteiger partial charge in [0.1, 0.15) is 22.3 Å². The Balaban J connectivity index is 1.32. The summed E-state index contributed by atoms with van der Waals surface area (Å²) in [4.78, 5) is 12.9. The molecule has 0 saturated carbocycles. The minimum absolute atomic E-state index is 0.441. The van der Waals surface area contributed by atoms with Crippen molar-refractivity contribution in [3.63, 3.8) is 0 Å². The molecule has 0 atom stereocenters. The zero-order chi connectivity index (χ0) is 23.5. The molecule has 5 aromatic rings. The van der Waals surface area contributed by atoms with Crippen LogP contribution in [-0.2, 0) is 0 Å². The van der Waals surface area contributed by atoms with Crippen molar-refractivity contribution < 1.29 is 4.74 Å². The number of pyridine rings is 2. The minimum atomic E-state index is 0.441. The second kappa shape index (κ2) is 9.24. The van der Waals surface area contributed by atoms with Crippen LogP contribution >= 0.6 is 11.3 Å². The van der Waals surface area contributed by atoms with Crippen molar-refractivity contribution in [1.82, 2.24) is 25.1 Å². The summed E-state index contributed by atoms with van der Waals surface area (Å²) in [5.74, 6) is 2.28. The van der Waals surface area contributed by atoms with Crippen molar-refractivity contribution in [2.75, 3.05) is 11.1 Å². The van der Waals surface area contributed by atoms with Crippen molar-refractivity contribution in [2.45, 2.75) is 13.8 Å². The number of thiazole rings is 1. The highest BCUT2D eigenvalue weighted by Gasteiger charge is 2.11. The molecule has 0 fully saturated rings. The van der Waals surface area contributed by atoms with E-state index in [1.807, 2.05) is 67.8 Å². The van der Waals surface area contributed by atoms with E-state index in [4.69, 9.17) is 10.5 Å². The third-order valence-electron chi connectivity index (χ3n) is 5.02. The van der Waals surface area contributed by atoms with Crippen molar-refractivity contribution in [2.24, 2.45) is 0 Å². The average molecular weight is 468 g/mol. The predicted octanol–water partition coefficient (Wildman–Crippen LogP) is 5.79. The highest BCUT2D eigenvalue weighted by Crippen LogP contribution is 2.32. The Morgan fingerprint density at radius 3 is 2.53 bits per heavy atom. The van der Waals surface area contributed by atoms with Gasteiger partial charge in [0.05, 0.1) is 0 Å². The van der Waals surface area contributed by atoms with Crippen LogP contribution < -0.4 is 15.8 Å². The number of hydrogen-bond donors (Lipinski definition) is 2. The maximum atomic E-state index is 6.07. The van der Waals surface area contributed by atoms with Gasteiger partial charge >= 0.3 is 0 Å². The standard InChI is InChI=1S/C25H21N7OS/c1-15-12-21(25-29-16(2)14-34-25)31-32-23(15)30-18-5-7-19(8-6-18)33-24-20(4-3-10-28-24)17-9-11-27-22(26)13-17/h3-14H,1-2H3,(H2,26,27)(H,30,32). The lowest BCUT2D eigenvalue weighted by atomic mass is 10.1. The number of nitrogen functional groups attached to an aromatic ring is 1. The molecule has 0 aliphatic heterocycles. The highest BCUT2D eigenvalue weighted by molar-refractivity contribution is 7.13. The van der Waals surface area contributed by atoms with Gasteiger partial charge in [-0.15, -0.1) is 21.5 Å². The van der Waals surface area contributed by atoms with Crippen molar-refractivity contribution in [3.8, 4) is 33.5 Å². The SMILES string of the molecule is Cc1csc(-c2cc(C)c(Nc3ccc(Oc4ncccc4-c4ccnc(N)c4)cc3)nn2)n1. The van der Waals surface area contributed by atoms with Gasteiger partial charge in [0.2, 0.25) is 5.88 Å². The summed E-state index contributed by atoms with van der Waals surface area (Å²) < 4.78 is 6.07. The fraction of sp³-hybridized carbons (Fsp3) is 0.0800. The molecule has 168 valence electrons. The molecule has 0 spiro atoms. The zero-order valence-electron chi connectivity index (χ0n) is 18.6. The van der Waals surface area contributed by atoms with E-state index in [9.17, 15) is 0 Å². The molecule has 34 heavy (non-hydrogen) atoms. The molecule has 4 heterocycles. The summed E-state index contributed by atoms with van der Waals surface area (Å²) in [6.45, 7) is 3.96. The summed E-state index contributed by atoms with van der Waals surface area (Å²) in [6, 6.07) is 17.0. The molecule has 0 radical (unpaired) electrons. The van der Waals surface area contributed by atoms with Crippen LogP contribution in [0.2, 0.25) is 0 Å². The molecule has 0 aliphatic carbocycles. The fourth-order valence-corrected chi connectivity index (χ4v) is 4.10. The molecule has 0 bridgehead atoms. The van der Waals surface area contributed by atoms with Crippen LogP contribution in [0.15, 0.2) is 72.4 Å². The van der Waals surface area contributed by atoms with E-state index in [-0.39, 0.29) is 0 Å². The molecule has 0 amide bonds. The highest BCUT2D eigenvalue weighted by atomic mass is 32.1. The largest absolute Gasteiger partial charge is 0.438 e. The maximum Gasteiger partial charge on any atom is 0.227 e. The zero-order valence-corrected chi connectivity index (χ0v) is 19.4. The van der Waals surface area contributed by atoms with Crippen LogP contribution in [0.4, 0.5) is 17.3 Å². The number of nitrogens with zero attached hydrogens (tertiary/aromatic N) is 5. The molecule has 5 rings (SSSR count). The Morgan fingerprint density at radius 2 is 1.79 bits per heavy atom. The number of aromatic nitrogens is 5. The van der Waals surface area contributed by atoms with Crippen LogP contribution in [0.3, 0.4) is 0 Å². The van der Waals surface area contributed by atoms with Gasteiger partial charge in [-0.1, -0.05) is 0 Å². The lowest BCUT2D eigenvalue weighted by Gasteiger charge is -2.12. The molecule has 0 unspecified atom stereocenters. The third kappa shape index (κ3) is 4.69. The normalized spacial score (nSPS) is 10.8. The quantitative estimate of drug-likeness (QED) is 0.323. The fourth-order valence-electron chi connectivity index (χ4n) is 3.35. The summed E-state index contributed by atoms with van der Waals surface area (Å²) in [7, 11) is 0. The molecule has 1 aromatic carbocycles. The minimum Gasteiger partial charge on any atom is -0.438 e. The van der Waals surface area contributed by atoms with E-state index < -0.39 is 0 Å². The molecular weight excluding hydrogens is 446 g/mol. The molecule has 9 heteroatoms. The van der Waals surface area contributed by atoms with Gasteiger partial charge in [-0.05, 0) is 79.6 Å². The number of nitrogens with two attached hydrogens (primary N) is 1. The van der Waals surface area contributed by atoms with E-state index in [0.717, 1.165) is 38.8 Å². The smallest absolute Gasteiger partial charge is 0.227 e. The van der Waals surface area contributed by atoms with Gasteiger partial charge in [0, 0.05) is 34.7 Å². The predicted molar refractivity (Wildman–Crippen MR) is 134 cm³/mol. The Kier molecular flexibility index (Phi) is 5.84. The Bertz CT molecular complexity index is 1450. The van der Waals surface area contributed by atoms with Crippen LogP contribution in [0, 0.1) is 13.8 Å². The molecule has 0 saturated heterocycles. The van der Waals surface area contributed by atoms with Crippen molar-refractivity contribution in [1.29, 1.82) is 0 Å². The van der Waals surface area contributed by atoms with Gasteiger partial charge in [-0.2, -0.15) is 0 Å². The maximum absolute atomic E-state index is 6.07. The average Bonchev–Trinajstić information content (AvgIpc) is 3.28. The van der Waals surface area contributed by atoms with Gasteiger partial charge in [-0.3, -0.25) is 0 Å². The van der Waals surface area contributed by atoms with Crippen LogP contribution in [-0.4, -0.2) is 25.1 Å². The van der Waals surface area contributed by atoms with Gasteiger partial charge < -0.3 is 15.8 Å². The van der Waals surface area contributed by atoms with E-state index in [1.54, 1.807) is 29.8 Å². The number of rotatable bonds is 6. The number of aryl methyl sites for hydroxylation is 2. The number of hydrogen-bond acceptors (Lipinski definition) is 9. The second-order valence-electron chi connectivity index (χ2n) is 7.63. The van der Waals surface area contributed by atoms with Gasteiger partial charge in [-0.25, -0.2) is 15.0 Å². The monoisotopic (exact) mass is 467 g/mol. The Labute approximate surface area is 200 Å². The first-order valence-electron chi connectivity index (χ1n) is 10.5. The number of anilines is 3. The van der Waals surface area contributed by atoms with E-state index in [0.29, 0.717) is 23.3 Å². The molecule has 0 aliphatic rings. The lowest BCUT2D eigenvalue weighted by Crippen LogP contribution is -2.00. The first-order valence-corrected chi connectivity index (χ1v) is 11.4. The lowest BCUT2D eigenvalue weighted by molar-refractivity contribution is 0.465. The number of ether oxygens (including phenoxy) is 1. The van der Waals surface area contributed by atoms with Crippen molar-refractivity contribution in [3.05, 3.63) is 83.6 Å². The van der Waals surface area contributed by atoms with Crippen molar-refractivity contribution >= 4 is 28.7 Å². The van der Waals surface area contributed by atoms with E-state index in [1.165, 1.54) is 0 Å². The number of nitrogens with one attached hydrogen (secondary N) is 1. The third-order valence-corrected chi connectivity index (χ3v) is 6.00. The summed E-state index contributed by atoms with van der Waals surface area (Å²) in [5.41, 5.74) is 11.2. The Morgan fingerprint density at radius 1 is 0.941 bits per heavy atom. The van der Waals surface area contributed by atoms with E-state index >= 15 is 0 Å². The first-order chi connectivity index (χ1) is 16.5. The van der Waals surface area contributed by atoms with Crippen LogP contribution in [0.1, 0.15) is 11.3 Å². The molecule has 3 N–H and O–H groups in total. The summed E-state index contributed by atoms with van der Waals surface area (Å²) >= 11 is 1.56. The first kappa shape index (κ1) is 21.5. The molecule has 4 aromatic heterocycles. The topological polar surface area (TPSA) is 112 Å². The van der Waals surface area contributed by atoms with Crippen LogP contribution in [0.5, 0.6) is 11.6 Å². The molecular formula is C25H21N7OS. The second-order valence-corrected chi connectivity index (χ2v) is 8.49. The van der Waals surface area contributed by atoms with Gasteiger partial charge in [0.15, 0.2) is 5.82 Å². The molecule has 8 nitrogen and oxygen atoms in total. The van der Waals surface area contributed by atoms with Crippen LogP contribution in [0.25, 0.3) is 21.8 Å². The van der Waals surface area contributed by atoms with E-state index in [2.05, 4.69) is 30.5 Å². The summed E-state index contributed by atoms with van der Waals surface area (Å²) in [5, 5.41) is 14.9.